The predicted octanol–water partition coefficient (Wildman–Crippen LogP) is 4.81. The van der Waals surface area contributed by atoms with Gasteiger partial charge in [-0.3, -0.25) is 4.79 Å². The Labute approximate surface area is 260 Å². The van der Waals surface area contributed by atoms with Gasteiger partial charge in [-0.15, -0.1) is 0 Å². The van der Waals surface area contributed by atoms with Gasteiger partial charge in [0.15, 0.2) is 0 Å². The van der Waals surface area contributed by atoms with Gasteiger partial charge in [-0.1, -0.05) is 30.8 Å². The van der Waals surface area contributed by atoms with E-state index >= 15 is 0 Å². The van der Waals surface area contributed by atoms with Crippen molar-refractivity contribution in [1.29, 1.82) is 0 Å². The Bertz CT molecular complexity index is 1630. The number of carbonyl (C=O) groups is 1. The number of hydrogen-bond donors (Lipinski definition) is 0. The number of anilines is 2. The summed E-state index contributed by atoms with van der Waals surface area (Å²) < 4.78 is 48.6. The van der Waals surface area contributed by atoms with Gasteiger partial charge >= 0.3 is 12.2 Å². The van der Waals surface area contributed by atoms with E-state index in [1.165, 1.54) is 12.1 Å². The lowest BCUT2D eigenvalue weighted by atomic mass is 9.98. The third-order valence-electron chi connectivity index (χ3n) is 9.17. The lowest BCUT2D eigenvalue weighted by Gasteiger charge is -2.41. The summed E-state index contributed by atoms with van der Waals surface area (Å²) in [6.45, 7) is 14.8. The number of hydrogen-bond acceptors (Lipinski definition) is 7. The van der Waals surface area contributed by atoms with Crippen LogP contribution >= 0.6 is 0 Å². The zero-order valence-corrected chi connectivity index (χ0v) is 25.3. The molecule has 2 fully saturated rings. The van der Waals surface area contributed by atoms with Crippen molar-refractivity contribution >= 4 is 28.2 Å². The number of fused-ring (bicyclic) bond motifs is 2. The predicted molar refractivity (Wildman–Crippen MR) is 166 cm³/mol. The molecule has 0 saturated carbocycles. The second-order valence-corrected chi connectivity index (χ2v) is 11.9. The number of aromatic nitrogens is 2. The summed E-state index contributed by atoms with van der Waals surface area (Å²) in [4.78, 5) is 33.8. The van der Waals surface area contributed by atoms with Gasteiger partial charge in [0.05, 0.1) is 17.8 Å². The summed E-state index contributed by atoms with van der Waals surface area (Å²) >= 11 is 0. The van der Waals surface area contributed by atoms with Crippen molar-refractivity contribution in [3.05, 3.63) is 77.3 Å². The number of halogens is 3. The van der Waals surface area contributed by atoms with E-state index in [1.807, 2.05) is 4.90 Å². The monoisotopic (exact) mass is 619 g/mol. The normalized spacial score (nSPS) is 20.6. The molecule has 0 bridgehead atoms. The number of piperazine rings is 1. The number of likely N-dealkylation sites (tertiary alicyclic amines) is 1. The summed E-state index contributed by atoms with van der Waals surface area (Å²) in [6.07, 6.45) is -0.597. The average Bonchev–Trinajstić information content (AvgIpc) is 3.46. The molecule has 12 heteroatoms. The van der Waals surface area contributed by atoms with Crippen LogP contribution < -0.4 is 14.5 Å². The van der Waals surface area contributed by atoms with E-state index in [1.54, 1.807) is 29.2 Å². The topological polar surface area (TPSA) is 69.4 Å². The molecule has 2 aromatic carbocycles. The summed E-state index contributed by atoms with van der Waals surface area (Å²) in [6, 6.07) is 9.64. The van der Waals surface area contributed by atoms with E-state index in [4.69, 9.17) is 21.3 Å². The Morgan fingerprint density at radius 2 is 1.91 bits per heavy atom. The molecule has 3 aromatic rings. The van der Waals surface area contributed by atoms with Crippen molar-refractivity contribution in [1.82, 2.24) is 19.8 Å². The van der Waals surface area contributed by atoms with Crippen LogP contribution in [0.4, 0.5) is 24.7 Å². The highest BCUT2D eigenvalue weighted by Crippen LogP contribution is 2.41. The van der Waals surface area contributed by atoms with Crippen molar-refractivity contribution in [2.24, 2.45) is 0 Å². The van der Waals surface area contributed by atoms with E-state index < -0.39 is 11.7 Å². The highest BCUT2D eigenvalue weighted by atomic mass is 19.4. The van der Waals surface area contributed by atoms with Crippen molar-refractivity contribution in [2.75, 3.05) is 62.7 Å². The minimum Gasteiger partial charge on any atom is -0.462 e. The van der Waals surface area contributed by atoms with Gasteiger partial charge in [-0.05, 0) is 56.4 Å². The number of carbonyl (C=O) groups excluding carboxylic acids is 1. The lowest BCUT2D eigenvalue weighted by Crippen LogP contribution is -2.56. The highest BCUT2D eigenvalue weighted by molar-refractivity contribution is 5.97. The largest absolute Gasteiger partial charge is 0.462 e. The molecule has 0 N–H and O–H groups in total. The minimum absolute atomic E-state index is 0.150. The molecule has 3 aliphatic heterocycles. The lowest BCUT2D eigenvalue weighted by molar-refractivity contribution is -0.136. The van der Waals surface area contributed by atoms with Gasteiger partial charge in [-0.2, -0.15) is 23.1 Å². The fourth-order valence-corrected chi connectivity index (χ4v) is 6.82. The zero-order valence-electron chi connectivity index (χ0n) is 25.3. The molecule has 4 heterocycles. The number of amides is 1. The highest BCUT2D eigenvalue weighted by Gasteiger charge is 2.37. The molecule has 0 aliphatic carbocycles. The molecule has 6 rings (SSSR count). The molecule has 3 aliphatic rings. The first kappa shape index (κ1) is 30.6. The number of likely N-dealkylation sites (N-methyl/N-ethyl adjacent to an activating group) is 1. The van der Waals surface area contributed by atoms with Crippen molar-refractivity contribution < 1.29 is 22.7 Å². The number of ether oxygens (including phenoxy) is 1. The maximum absolute atomic E-state index is 14.1. The molecule has 9 nitrogen and oxygen atoms in total. The molecular weight excluding hydrogens is 583 g/mol. The summed E-state index contributed by atoms with van der Waals surface area (Å²) in [5.74, 6) is 0.491. The summed E-state index contributed by atoms with van der Waals surface area (Å²) in [5, 5.41) is 0.704. The fourth-order valence-electron chi connectivity index (χ4n) is 6.82. The molecule has 0 radical (unpaired) electrons. The van der Waals surface area contributed by atoms with Crippen LogP contribution in [0.3, 0.4) is 0 Å². The number of alkyl halides is 3. The van der Waals surface area contributed by atoms with Crippen LogP contribution in [0.5, 0.6) is 6.01 Å². The second-order valence-electron chi connectivity index (χ2n) is 11.9. The molecular formula is C33H36F3N7O2. The summed E-state index contributed by atoms with van der Waals surface area (Å²) in [5.41, 5.74) is 1.47. The van der Waals surface area contributed by atoms with E-state index in [0.29, 0.717) is 61.8 Å². The first-order chi connectivity index (χ1) is 21.7. The Balaban J connectivity index is 1.36. The maximum atomic E-state index is 14.1. The SMILES string of the molecule is [C-]#[N+]CC1CN(c2nc(OCC3CCCN3C)nc3c2CCN(c2cccc4cccc(C(F)(F)F)c24)C3)CCN1C(=O)C=C. The van der Waals surface area contributed by atoms with Gasteiger partial charge in [0.2, 0.25) is 12.5 Å². The van der Waals surface area contributed by atoms with Gasteiger partial charge in [0, 0.05) is 48.9 Å². The second kappa shape index (κ2) is 12.6. The molecule has 0 spiro atoms. The van der Waals surface area contributed by atoms with Gasteiger partial charge < -0.3 is 29.2 Å². The van der Waals surface area contributed by atoms with E-state index in [0.717, 1.165) is 31.0 Å². The Kier molecular flexibility index (Phi) is 8.55. The first-order valence-electron chi connectivity index (χ1n) is 15.3. The standard InChI is InChI=1S/C33H36F3N7O2/c1-4-29(44)43-17-16-42(19-24(43)18-37-2)31-25-13-15-41(20-27(25)38-32(39-31)45-21-23-10-7-14-40(23)3)28-12-6-9-22-8-5-11-26(30(22)28)33(34,35)36/h4-6,8-9,11-12,23-24H,1,7,10,13-21H2,3H3. The van der Waals surface area contributed by atoms with Crippen molar-refractivity contribution in [2.45, 2.75) is 44.1 Å². The smallest absolute Gasteiger partial charge is 0.417 e. The van der Waals surface area contributed by atoms with Gasteiger partial charge in [0.1, 0.15) is 18.5 Å². The molecule has 1 amide bonds. The van der Waals surface area contributed by atoms with Gasteiger partial charge in [0.25, 0.3) is 0 Å². The third-order valence-corrected chi connectivity index (χ3v) is 9.17. The minimum atomic E-state index is -4.50. The number of benzene rings is 2. The Hall–Kier alpha value is -4.37. The van der Waals surface area contributed by atoms with Crippen LogP contribution in [0.2, 0.25) is 0 Å². The Morgan fingerprint density at radius 3 is 2.62 bits per heavy atom. The van der Waals surface area contributed by atoms with Crippen molar-refractivity contribution in [3.8, 4) is 6.01 Å². The van der Waals surface area contributed by atoms with E-state index in [2.05, 4.69) is 28.3 Å². The molecule has 2 saturated heterocycles. The fraction of sp³-hybridized carbons (Fsp3) is 0.455. The third kappa shape index (κ3) is 6.14. The van der Waals surface area contributed by atoms with Gasteiger partial charge in [-0.25, -0.2) is 6.57 Å². The first-order valence-corrected chi connectivity index (χ1v) is 15.3. The average molecular weight is 620 g/mol. The molecule has 45 heavy (non-hydrogen) atoms. The van der Waals surface area contributed by atoms with Crippen LogP contribution in [-0.4, -0.2) is 90.7 Å². The molecule has 1 aromatic heterocycles. The zero-order chi connectivity index (χ0) is 31.7. The van der Waals surface area contributed by atoms with E-state index in [9.17, 15) is 18.0 Å². The van der Waals surface area contributed by atoms with Crippen LogP contribution in [-0.2, 0) is 23.9 Å². The van der Waals surface area contributed by atoms with Crippen LogP contribution in [0, 0.1) is 6.57 Å². The quantitative estimate of drug-likeness (QED) is 0.278. The Morgan fingerprint density at radius 1 is 1.11 bits per heavy atom. The molecule has 236 valence electrons. The number of rotatable bonds is 7. The molecule has 2 atom stereocenters. The van der Waals surface area contributed by atoms with Crippen LogP contribution in [0.25, 0.3) is 15.6 Å². The van der Waals surface area contributed by atoms with Crippen molar-refractivity contribution in [3.63, 3.8) is 0 Å². The maximum Gasteiger partial charge on any atom is 0.417 e. The van der Waals surface area contributed by atoms with Crippen LogP contribution in [0.1, 0.15) is 29.7 Å². The molecule has 2 unspecified atom stereocenters. The number of nitrogens with zero attached hydrogens (tertiary/aromatic N) is 7. The van der Waals surface area contributed by atoms with Crippen LogP contribution in [0.15, 0.2) is 49.1 Å². The van der Waals surface area contributed by atoms with E-state index in [-0.39, 0.29) is 42.5 Å². The summed E-state index contributed by atoms with van der Waals surface area (Å²) in [7, 11) is 2.07.